The zero-order chi connectivity index (χ0) is 15.2. The van der Waals surface area contributed by atoms with E-state index in [1.165, 1.54) is 0 Å². The molecular weight excluding hydrogens is 264 g/mol. The minimum atomic E-state index is -0.520. The molecule has 1 saturated heterocycles. The normalized spacial score (nSPS) is 20.7. The van der Waals surface area contributed by atoms with Crippen molar-refractivity contribution in [2.24, 2.45) is 5.92 Å². The summed E-state index contributed by atoms with van der Waals surface area (Å²) in [6.07, 6.45) is 0.635. The van der Waals surface area contributed by atoms with Crippen molar-refractivity contribution < 1.29 is 9.53 Å². The molecule has 0 spiro atoms. The smallest absolute Gasteiger partial charge is 0.253 e. The van der Waals surface area contributed by atoms with Gasteiger partial charge < -0.3 is 15.0 Å². The fourth-order valence-electron chi connectivity index (χ4n) is 2.86. The lowest BCUT2D eigenvalue weighted by Gasteiger charge is -2.21. The van der Waals surface area contributed by atoms with Crippen molar-refractivity contribution in [3.63, 3.8) is 0 Å². The summed E-state index contributed by atoms with van der Waals surface area (Å²) >= 11 is 0. The number of ether oxygens (including phenoxy) is 1. The van der Waals surface area contributed by atoms with Crippen molar-refractivity contribution >= 4 is 5.91 Å². The molecule has 1 aromatic rings. The van der Waals surface area contributed by atoms with Gasteiger partial charge in [-0.3, -0.25) is 4.79 Å². The van der Waals surface area contributed by atoms with E-state index in [9.17, 15) is 4.79 Å². The average Bonchev–Trinajstić information content (AvgIpc) is 2.96. The standard InChI is InChI=1S/C17H26N2O2/c1-13(2)19-10-9-14(12-19)11-18-17(20)16(21-3)15-7-5-4-6-8-15/h4-8,13-14,16H,9-12H2,1-3H3,(H,18,20). The summed E-state index contributed by atoms with van der Waals surface area (Å²) in [6.45, 7) is 7.37. The van der Waals surface area contributed by atoms with E-state index in [2.05, 4.69) is 24.1 Å². The van der Waals surface area contributed by atoms with Gasteiger partial charge in [-0.25, -0.2) is 0 Å². The molecule has 1 aromatic carbocycles. The molecule has 1 heterocycles. The second kappa shape index (κ2) is 7.57. The maximum Gasteiger partial charge on any atom is 0.253 e. The topological polar surface area (TPSA) is 41.6 Å². The van der Waals surface area contributed by atoms with E-state index in [0.717, 1.165) is 31.6 Å². The number of nitrogens with one attached hydrogen (secondary N) is 1. The van der Waals surface area contributed by atoms with Gasteiger partial charge in [-0.2, -0.15) is 0 Å². The molecule has 1 amide bonds. The molecule has 0 aliphatic carbocycles. The summed E-state index contributed by atoms with van der Waals surface area (Å²) in [4.78, 5) is 14.8. The maximum atomic E-state index is 12.3. The van der Waals surface area contributed by atoms with Gasteiger partial charge in [0.1, 0.15) is 0 Å². The lowest BCUT2D eigenvalue weighted by atomic mass is 10.1. The second-order valence-electron chi connectivity index (χ2n) is 6.01. The number of nitrogens with zero attached hydrogens (tertiary/aromatic N) is 1. The highest BCUT2D eigenvalue weighted by Crippen LogP contribution is 2.19. The number of likely N-dealkylation sites (tertiary alicyclic amines) is 1. The fraction of sp³-hybridized carbons (Fsp3) is 0.588. The first-order chi connectivity index (χ1) is 10.1. The number of hydrogen-bond acceptors (Lipinski definition) is 3. The van der Waals surface area contributed by atoms with Crippen LogP contribution >= 0.6 is 0 Å². The Labute approximate surface area is 127 Å². The summed E-state index contributed by atoms with van der Waals surface area (Å²) in [6, 6.07) is 10.2. The zero-order valence-corrected chi connectivity index (χ0v) is 13.2. The van der Waals surface area contributed by atoms with Gasteiger partial charge >= 0.3 is 0 Å². The SMILES string of the molecule is COC(C(=O)NCC1CCN(C(C)C)C1)c1ccccc1. The van der Waals surface area contributed by atoms with Crippen LogP contribution in [0.3, 0.4) is 0 Å². The van der Waals surface area contributed by atoms with Crippen LogP contribution < -0.4 is 5.32 Å². The van der Waals surface area contributed by atoms with Gasteiger partial charge in [-0.15, -0.1) is 0 Å². The maximum absolute atomic E-state index is 12.3. The third-order valence-corrected chi connectivity index (χ3v) is 4.19. The van der Waals surface area contributed by atoms with E-state index in [1.54, 1.807) is 7.11 Å². The number of methoxy groups -OCH3 is 1. The molecular formula is C17H26N2O2. The van der Waals surface area contributed by atoms with Gasteiger partial charge in [-0.05, 0) is 38.3 Å². The Morgan fingerprint density at radius 1 is 1.38 bits per heavy atom. The Hall–Kier alpha value is -1.39. The number of amides is 1. The van der Waals surface area contributed by atoms with Crippen LogP contribution in [0.15, 0.2) is 30.3 Å². The Balaban J connectivity index is 1.84. The monoisotopic (exact) mass is 290 g/mol. The Morgan fingerprint density at radius 3 is 2.67 bits per heavy atom. The molecule has 2 rings (SSSR count). The molecule has 1 fully saturated rings. The Kier molecular flexibility index (Phi) is 5.76. The molecule has 0 bridgehead atoms. The van der Waals surface area contributed by atoms with Crippen LogP contribution in [0.1, 0.15) is 31.9 Å². The lowest BCUT2D eigenvalue weighted by Crippen LogP contribution is -2.35. The van der Waals surface area contributed by atoms with Crippen LogP contribution in [-0.4, -0.2) is 43.6 Å². The number of hydrogen-bond donors (Lipinski definition) is 1. The summed E-state index contributed by atoms with van der Waals surface area (Å²) in [7, 11) is 1.58. The van der Waals surface area contributed by atoms with E-state index in [-0.39, 0.29) is 5.91 Å². The quantitative estimate of drug-likeness (QED) is 0.873. The largest absolute Gasteiger partial charge is 0.367 e. The number of carbonyl (C=O) groups excluding carboxylic acids is 1. The van der Waals surface area contributed by atoms with Crippen molar-refractivity contribution in [2.45, 2.75) is 32.4 Å². The molecule has 0 aromatic heterocycles. The minimum absolute atomic E-state index is 0.0494. The molecule has 2 unspecified atom stereocenters. The first-order valence-corrected chi connectivity index (χ1v) is 7.71. The lowest BCUT2D eigenvalue weighted by molar-refractivity contribution is -0.131. The van der Waals surface area contributed by atoms with E-state index >= 15 is 0 Å². The van der Waals surface area contributed by atoms with Crippen LogP contribution in [0.25, 0.3) is 0 Å². The van der Waals surface area contributed by atoms with E-state index in [4.69, 9.17) is 4.74 Å². The summed E-state index contributed by atoms with van der Waals surface area (Å²) in [5.74, 6) is 0.497. The van der Waals surface area contributed by atoms with Crippen molar-refractivity contribution in [2.75, 3.05) is 26.7 Å². The van der Waals surface area contributed by atoms with Crippen molar-refractivity contribution in [3.05, 3.63) is 35.9 Å². The highest BCUT2D eigenvalue weighted by Gasteiger charge is 2.26. The third kappa shape index (κ3) is 4.29. The van der Waals surface area contributed by atoms with Crippen LogP contribution in [0.5, 0.6) is 0 Å². The number of carbonyl (C=O) groups is 1. The second-order valence-corrected chi connectivity index (χ2v) is 6.01. The highest BCUT2D eigenvalue weighted by atomic mass is 16.5. The van der Waals surface area contributed by atoms with Gasteiger partial charge in [0.2, 0.25) is 0 Å². The molecule has 1 N–H and O–H groups in total. The third-order valence-electron chi connectivity index (χ3n) is 4.19. The van der Waals surface area contributed by atoms with Gasteiger partial charge in [0.15, 0.2) is 6.10 Å². The highest BCUT2D eigenvalue weighted by molar-refractivity contribution is 5.82. The first-order valence-electron chi connectivity index (χ1n) is 7.71. The van der Waals surface area contributed by atoms with Crippen LogP contribution in [-0.2, 0) is 9.53 Å². The van der Waals surface area contributed by atoms with Crippen molar-refractivity contribution in [1.82, 2.24) is 10.2 Å². The summed E-state index contributed by atoms with van der Waals surface area (Å²) in [5.41, 5.74) is 0.896. The molecule has 4 heteroatoms. The van der Waals surface area contributed by atoms with Crippen molar-refractivity contribution in [3.8, 4) is 0 Å². The molecule has 0 radical (unpaired) electrons. The minimum Gasteiger partial charge on any atom is -0.367 e. The zero-order valence-electron chi connectivity index (χ0n) is 13.2. The Morgan fingerprint density at radius 2 is 2.10 bits per heavy atom. The number of rotatable bonds is 6. The predicted octanol–water partition coefficient (Wildman–Crippen LogP) is 2.22. The van der Waals surface area contributed by atoms with Gasteiger partial charge in [0.05, 0.1) is 0 Å². The van der Waals surface area contributed by atoms with Gasteiger partial charge in [0, 0.05) is 26.2 Å². The first kappa shape index (κ1) is 16.0. The van der Waals surface area contributed by atoms with Gasteiger partial charge in [-0.1, -0.05) is 30.3 Å². The van der Waals surface area contributed by atoms with Crippen LogP contribution in [0, 0.1) is 5.92 Å². The molecule has 2 atom stereocenters. The van der Waals surface area contributed by atoms with Gasteiger partial charge in [0.25, 0.3) is 5.91 Å². The average molecular weight is 290 g/mol. The van der Waals surface area contributed by atoms with E-state index in [1.807, 2.05) is 30.3 Å². The molecule has 0 saturated carbocycles. The molecule has 21 heavy (non-hydrogen) atoms. The Bertz CT molecular complexity index is 447. The predicted molar refractivity (Wildman–Crippen MR) is 84.0 cm³/mol. The van der Waals surface area contributed by atoms with Crippen LogP contribution in [0.2, 0.25) is 0 Å². The molecule has 4 nitrogen and oxygen atoms in total. The molecule has 116 valence electrons. The fourth-order valence-corrected chi connectivity index (χ4v) is 2.86. The van der Waals surface area contributed by atoms with E-state index < -0.39 is 6.10 Å². The molecule has 1 aliphatic heterocycles. The molecule has 1 aliphatic rings. The summed E-state index contributed by atoms with van der Waals surface area (Å²) in [5, 5.41) is 3.04. The number of benzene rings is 1. The van der Waals surface area contributed by atoms with E-state index in [0.29, 0.717) is 12.0 Å². The van der Waals surface area contributed by atoms with Crippen molar-refractivity contribution in [1.29, 1.82) is 0 Å². The van der Waals surface area contributed by atoms with Crippen LogP contribution in [0.4, 0.5) is 0 Å². The summed E-state index contributed by atoms with van der Waals surface area (Å²) < 4.78 is 5.35.